The van der Waals surface area contributed by atoms with E-state index in [4.69, 9.17) is 4.99 Å². The number of guanidine groups is 1. The second-order valence-electron chi connectivity index (χ2n) is 8.09. The van der Waals surface area contributed by atoms with Crippen LogP contribution in [-0.2, 0) is 9.84 Å². The Hall–Kier alpha value is -0.0500. The molecule has 3 fully saturated rings. The molecule has 0 aromatic rings. The molecule has 3 rings (SSSR count). The number of aliphatic imine (C=N–C) groups is 1. The highest BCUT2D eigenvalue weighted by molar-refractivity contribution is 14.0. The van der Waals surface area contributed by atoms with Gasteiger partial charge in [-0.05, 0) is 43.4 Å². The normalized spacial score (nSPS) is 28.1. The lowest BCUT2D eigenvalue weighted by Crippen LogP contribution is -2.42. The topological polar surface area (TPSA) is 61.8 Å². The van der Waals surface area contributed by atoms with Crippen LogP contribution in [0.2, 0.25) is 0 Å². The van der Waals surface area contributed by atoms with Gasteiger partial charge in [-0.2, -0.15) is 0 Å². The third-order valence-corrected chi connectivity index (χ3v) is 7.85. The van der Waals surface area contributed by atoms with E-state index in [2.05, 4.69) is 17.1 Å². The molecule has 1 unspecified atom stereocenters. The summed E-state index contributed by atoms with van der Waals surface area (Å²) in [4.78, 5) is 7.27. The maximum atomic E-state index is 11.6. The standard InChI is InChI=1S/C18H33N3O2S.HI/c1-2-10-19-17(20-13-16-6-12-24(22,23)14-16)21-11-9-18(15-21)7-4-3-5-8-18;/h16H,2-15H2,1H3,(H,19,20);1H. The van der Waals surface area contributed by atoms with Crippen LogP contribution in [0.3, 0.4) is 0 Å². The Bertz CT molecular complexity index is 559. The highest BCUT2D eigenvalue weighted by Gasteiger charge is 2.39. The van der Waals surface area contributed by atoms with Crippen molar-refractivity contribution < 1.29 is 8.42 Å². The number of hydrogen-bond acceptors (Lipinski definition) is 3. The number of rotatable bonds is 4. The Morgan fingerprint density at radius 2 is 2.00 bits per heavy atom. The van der Waals surface area contributed by atoms with Crippen LogP contribution in [0.5, 0.6) is 0 Å². The van der Waals surface area contributed by atoms with E-state index >= 15 is 0 Å². The molecule has 1 aliphatic carbocycles. The lowest BCUT2D eigenvalue weighted by Gasteiger charge is -2.33. The maximum absolute atomic E-state index is 11.6. The fraction of sp³-hybridized carbons (Fsp3) is 0.944. The van der Waals surface area contributed by atoms with E-state index in [1.54, 1.807) is 0 Å². The highest BCUT2D eigenvalue weighted by atomic mass is 127. The summed E-state index contributed by atoms with van der Waals surface area (Å²) < 4.78 is 23.3. The Labute approximate surface area is 170 Å². The average molecular weight is 483 g/mol. The Morgan fingerprint density at radius 1 is 1.24 bits per heavy atom. The molecule has 3 aliphatic rings. The molecule has 0 radical (unpaired) electrons. The SMILES string of the molecule is CCCNC(=NCC1CCS(=O)(=O)C1)N1CCC2(CCCCC2)C1.I. The van der Waals surface area contributed by atoms with Gasteiger partial charge in [-0.15, -0.1) is 24.0 Å². The molecule has 2 heterocycles. The Morgan fingerprint density at radius 3 is 2.64 bits per heavy atom. The molecule has 0 aromatic carbocycles. The molecule has 5 nitrogen and oxygen atoms in total. The number of nitrogens with one attached hydrogen (secondary N) is 1. The molecule has 1 saturated carbocycles. The quantitative estimate of drug-likeness (QED) is 0.380. The first-order valence-electron chi connectivity index (χ1n) is 9.76. The van der Waals surface area contributed by atoms with E-state index in [1.165, 1.54) is 38.5 Å². The minimum absolute atomic E-state index is 0. The summed E-state index contributed by atoms with van der Waals surface area (Å²) in [7, 11) is -2.80. The third kappa shape index (κ3) is 5.71. The van der Waals surface area contributed by atoms with Gasteiger partial charge >= 0.3 is 0 Å². The van der Waals surface area contributed by atoms with Crippen molar-refractivity contribution in [1.29, 1.82) is 0 Å². The fourth-order valence-electron chi connectivity index (χ4n) is 4.56. The molecule has 2 saturated heterocycles. The molecular weight excluding hydrogens is 449 g/mol. The molecule has 0 amide bonds. The fourth-order valence-corrected chi connectivity index (χ4v) is 6.41. The Balaban J connectivity index is 0.00000225. The summed E-state index contributed by atoms with van der Waals surface area (Å²) >= 11 is 0. The van der Waals surface area contributed by atoms with Gasteiger partial charge < -0.3 is 10.2 Å². The zero-order valence-corrected chi connectivity index (χ0v) is 18.7. The van der Waals surface area contributed by atoms with E-state index in [0.717, 1.165) is 38.4 Å². The summed E-state index contributed by atoms with van der Waals surface area (Å²) in [6.07, 6.45) is 10.0. The van der Waals surface area contributed by atoms with Crippen molar-refractivity contribution in [2.24, 2.45) is 16.3 Å². The number of halogens is 1. The van der Waals surface area contributed by atoms with E-state index in [-0.39, 0.29) is 29.9 Å². The van der Waals surface area contributed by atoms with Gasteiger partial charge in [0.05, 0.1) is 11.5 Å². The minimum Gasteiger partial charge on any atom is -0.356 e. The highest BCUT2D eigenvalue weighted by Crippen LogP contribution is 2.43. The first kappa shape index (κ1) is 21.3. The second-order valence-corrected chi connectivity index (χ2v) is 10.3. The average Bonchev–Trinajstić information content (AvgIpc) is 3.12. The van der Waals surface area contributed by atoms with Crippen molar-refractivity contribution in [2.75, 3.05) is 37.7 Å². The summed E-state index contributed by atoms with van der Waals surface area (Å²) in [5.74, 6) is 1.89. The van der Waals surface area contributed by atoms with E-state index in [1.807, 2.05) is 0 Å². The van der Waals surface area contributed by atoms with Crippen LogP contribution in [0.1, 0.15) is 58.3 Å². The predicted octanol–water partition coefficient (Wildman–Crippen LogP) is 3.05. The molecule has 0 aromatic heterocycles. The molecular formula is C18H34IN3O2S. The zero-order valence-electron chi connectivity index (χ0n) is 15.5. The van der Waals surface area contributed by atoms with Crippen LogP contribution >= 0.6 is 24.0 Å². The van der Waals surface area contributed by atoms with Crippen molar-refractivity contribution in [3.8, 4) is 0 Å². The van der Waals surface area contributed by atoms with Gasteiger partial charge in [-0.1, -0.05) is 26.2 Å². The van der Waals surface area contributed by atoms with Gasteiger partial charge in [-0.3, -0.25) is 4.99 Å². The third-order valence-electron chi connectivity index (χ3n) is 6.01. The van der Waals surface area contributed by atoms with E-state index in [9.17, 15) is 8.42 Å². The van der Waals surface area contributed by atoms with Crippen molar-refractivity contribution >= 4 is 39.8 Å². The van der Waals surface area contributed by atoms with Gasteiger partial charge in [0.2, 0.25) is 0 Å². The number of nitrogens with zero attached hydrogens (tertiary/aromatic N) is 2. The largest absolute Gasteiger partial charge is 0.356 e. The lowest BCUT2D eigenvalue weighted by atomic mass is 9.73. The molecule has 146 valence electrons. The molecule has 1 N–H and O–H groups in total. The summed E-state index contributed by atoms with van der Waals surface area (Å²) in [5, 5.41) is 3.50. The smallest absolute Gasteiger partial charge is 0.193 e. The van der Waals surface area contributed by atoms with Gasteiger partial charge in [0.15, 0.2) is 15.8 Å². The molecule has 1 atom stereocenters. The maximum Gasteiger partial charge on any atom is 0.193 e. The lowest BCUT2D eigenvalue weighted by molar-refractivity contribution is 0.203. The monoisotopic (exact) mass is 483 g/mol. The van der Waals surface area contributed by atoms with Crippen LogP contribution < -0.4 is 5.32 Å². The minimum atomic E-state index is -2.80. The van der Waals surface area contributed by atoms with Crippen LogP contribution in [0.25, 0.3) is 0 Å². The van der Waals surface area contributed by atoms with Crippen molar-refractivity contribution in [1.82, 2.24) is 10.2 Å². The zero-order chi connectivity index (χ0) is 17.0. The summed E-state index contributed by atoms with van der Waals surface area (Å²) in [5.41, 5.74) is 0.517. The number of likely N-dealkylation sites (tertiary alicyclic amines) is 1. The Kier molecular flexibility index (Phi) is 7.85. The molecule has 0 bridgehead atoms. The van der Waals surface area contributed by atoms with Crippen molar-refractivity contribution in [3.63, 3.8) is 0 Å². The predicted molar refractivity (Wildman–Crippen MR) is 114 cm³/mol. The number of hydrogen-bond donors (Lipinski definition) is 1. The molecule has 1 spiro atoms. The van der Waals surface area contributed by atoms with Crippen molar-refractivity contribution in [2.45, 2.75) is 58.3 Å². The molecule has 25 heavy (non-hydrogen) atoms. The van der Waals surface area contributed by atoms with Gasteiger partial charge in [0.25, 0.3) is 0 Å². The van der Waals surface area contributed by atoms with Crippen LogP contribution in [0.15, 0.2) is 4.99 Å². The van der Waals surface area contributed by atoms with Gasteiger partial charge in [0.1, 0.15) is 0 Å². The first-order valence-corrected chi connectivity index (χ1v) is 11.6. The first-order chi connectivity index (χ1) is 11.5. The second kappa shape index (κ2) is 9.24. The van der Waals surface area contributed by atoms with Crippen LogP contribution in [0, 0.1) is 11.3 Å². The molecule has 7 heteroatoms. The van der Waals surface area contributed by atoms with Crippen LogP contribution in [-0.4, -0.2) is 57.0 Å². The number of sulfone groups is 1. The van der Waals surface area contributed by atoms with Crippen LogP contribution in [0.4, 0.5) is 0 Å². The van der Waals surface area contributed by atoms with Crippen molar-refractivity contribution in [3.05, 3.63) is 0 Å². The van der Waals surface area contributed by atoms with Gasteiger partial charge in [0, 0.05) is 26.2 Å². The molecule has 2 aliphatic heterocycles. The summed E-state index contributed by atoms with van der Waals surface area (Å²) in [6, 6.07) is 0. The van der Waals surface area contributed by atoms with E-state index < -0.39 is 9.84 Å². The van der Waals surface area contributed by atoms with E-state index in [0.29, 0.717) is 23.5 Å². The van der Waals surface area contributed by atoms with Gasteiger partial charge in [-0.25, -0.2) is 8.42 Å². The summed E-state index contributed by atoms with van der Waals surface area (Å²) in [6.45, 7) is 5.98.